The molecule has 186 valence electrons. The van der Waals surface area contributed by atoms with Crippen LogP contribution in [0.5, 0.6) is 5.88 Å². The number of fused-ring (bicyclic) bond motifs is 1. The Kier molecular flexibility index (Phi) is 7.03. The summed E-state index contributed by atoms with van der Waals surface area (Å²) in [6.07, 6.45) is 2.49. The molecule has 0 aliphatic carbocycles. The lowest BCUT2D eigenvalue weighted by molar-refractivity contribution is -0.128. The number of ether oxygens (including phenoxy) is 1. The van der Waals surface area contributed by atoms with Crippen LogP contribution >= 0.6 is 0 Å². The number of hydrogen-bond donors (Lipinski definition) is 3. The molecule has 0 unspecified atom stereocenters. The van der Waals surface area contributed by atoms with Gasteiger partial charge >= 0.3 is 0 Å². The van der Waals surface area contributed by atoms with Gasteiger partial charge in [0.05, 0.1) is 30.7 Å². The van der Waals surface area contributed by atoms with Gasteiger partial charge in [0.15, 0.2) is 0 Å². The summed E-state index contributed by atoms with van der Waals surface area (Å²) >= 11 is 0. The van der Waals surface area contributed by atoms with Crippen molar-refractivity contribution in [2.75, 3.05) is 45.0 Å². The van der Waals surface area contributed by atoms with Crippen molar-refractivity contribution in [1.29, 1.82) is 5.26 Å². The number of amides is 1. The van der Waals surface area contributed by atoms with Crippen molar-refractivity contribution in [2.24, 2.45) is 0 Å². The molecule has 0 bridgehead atoms. The monoisotopic (exact) mass is 487 g/mol. The fourth-order valence-electron chi connectivity index (χ4n) is 4.09. The van der Waals surface area contributed by atoms with Gasteiger partial charge in [0.2, 0.25) is 17.7 Å². The smallest absolute Gasteiger partial charge is 0.237 e. The number of carbonyl (C=O) groups excluding carboxylic acids is 1. The Hall–Kier alpha value is -4.23. The summed E-state index contributed by atoms with van der Waals surface area (Å²) < 4.78 is 5.45. The van der Waals surface area contributed by atoms with Gasteiger partial charge in [-0.3, -0.25) is 4.79 Å². The third-order valence-corrected chi connectivity index (χ3v) is 6.32. The molecule has 2 aromatic heterocycles. The second kappa shape index (κ2) is 10.2. The average Bonchev–Trinajstić information content (AvgIpc) is 3.24. The molecule has 36 heavy (non-hydrogen) atoms. The van der Waals surface area contributed by atoms with E-state index < -0.39 is 5.41 Å². The third-order valence-electron chi connectivity index (χ3n) is 6.32. The molecule has 1 aliphatic heterocycles. The summed E-state index contributed by atoms with van der Waals surface area (Å²) in [5.41, 5.74) is 4.38. The molecule has 3 aromatic rings. The number of aliphatic hydroxyl groups excluding tert-OH is 1. The van der Waals surface area contributed by atoms with Crippen LogP contribution in [-0.4, -0.2) is 65.2 Å². The lowest BCUT2D eigenvalue weighted by Crippen LogP contribution is -2.28. The Bertz CT molecular complexity index is 1340. The number of hydrogen-bond acceptors (Lipinski definition) is 9. The normalized spacial score (nSPS) is 16.0. The number of methoxy groups -OCH3 is 1. The van der Waals surface area contributed by atoms with Crippen LogP contribution in [0.15, 0.2) is 36.5 Å². The molecule has 4 rings (SSSR count). The molecule has 3 heterocycles. The molecule has 1 atom stereocenters. The van der Waals surface area contributed by atoms with E-state index in [1.165, 1.54) is 7.11 Å². The van der Waals surface area contributed by atoms with Crippen molar-refractivity contribution in [3.05, 3.63) is 53.3 Å². The summed E-state index contributed by atoms with van der Waals surface area (Å²) in [6, 6.07) is 11.4. The maximum atomic E-state index is 11.9. The maximum Gasteiger partial charge on any atom is 0.237 e. The maximum absolute atomic E-state index is 11.9. The van der Waals surface area contributed by atoms with Crippen molar-refractivity contribution in [2.45, 2.75) is 25.2 Å². The standard InChI is InChI=1S/C26H29N7O3/c1-26(15-34)14-29-23-17(13-27)11-16(12-19(23)26)20-9-10-28-25(31-20)32-21-7-5-18(30-24(21)36-4)6-8-22(35)33(2)3/h5,7,9-12,29,34H,6,8,14-15H2,1-4H3,(H,28,31,32)/t26-/m1/s1. The van der Waals surface area contributed by atoms with Gasteiger partial charge in [-0.1, -0.05) is 6.92 Å². The molecule has 0 fully saturated rings. The Morgan fingerprint density at radius 2 is 2.11 bits per heavy atom. The zero-order valence-corrected chi connectivity index (χ0v) is 20.8. The molecule has 1 amide bonds. The fraction of sp³-hybridized carbons (Fsp3) is 0.346. The van der Waals surface area contributed by atoms with Crippen LogP contribution in [0.2, 0.25) is 0 Å². The van der Waals surface area contributed by atoms with Gasteiger partial charge in [-0.2, -0.15) is 5.26 Å². The van der Waals surface area contributed by atoms with E-state index in [1.807, 2.05) is 25.1 Å². The zero-order valence-electron chi connectivity index (χ0n) is 20.8. The highest BCUT2D eigenvalue weighted by atomic mass is 16.5. The van der Waals surface area contributed by atoms with E-state index in [0.717, 1.165) is 22.5 Å². The van der Waals surface area contributed by atoms with Gasteiger partial charge in [-0.25, -0.2) is 15.0 Å². The largest absolute Gasteiger partial charge is 0.480 e. The summed E-state index contributed by atoms with van der Waals surface area (Å²) in [4.78, 5) is 26.9. The number of rotatable bonds is 8. The number of aryl methyl sites for hydroxylation is 1. The van der Waals surface area contributed by atoms with Gasteiger partial charge < -0.3 is 25.4 Å². The minimum Gasteiger partial charge on any atom is -0.480 e. The lowest BCUT2D eigenvalue weighted by atomic mass is 9.83. The van der Waals surface area contributed by atoms with Gasteiger partial charge in [-0.05, 0) is 42.3 Å². The molecule has 0 saturated carbocycles. The predicted octanol–water partition coefficient (Wildman–Crippen LogP) is 2.86. The molecule has 10 heteroatoms. The number of anilines is 3. The Balaban J connectivity index is 1.60. The van der Waals surface area contributed by atoms with E-state index in [4.69, 9.17) is 4.74 Å². The van der Waals surface area contributed by atoms with Gasteiger partial charge in [0, 0.05) is 49.9 Å². The molecular weight excluding hydrogens is 458 g/mol. The van der Waals surface area contributed by atoms with Crippen molar-refractivity contribution >= 4 is 23.2 Å². The van der Waals surface area contributed by atoms with Gasteiger partial charge in [0.25, 0.3) is 0 Å². The SMILES string of the molecule is COc1nc(CCC(=O)N(C)C)ccc1Nc1nccc(-c2cc(C#N)c3c(c2)[C@@](C)(CO)CN3)n1. The molecule has 3 N–H and O–H groups in total. The van der Waals surface area contributed by atoms with E-state index in [2.05, 4.69) is 31.7 Å². The first-order valence-corrected chi connectivity index (χ1v) is 11.6. The quantitative estimate of drug-likeness (QED) is 0.438. The minimum atomic E-state index is -0.483. The number of nitriles is 1. The average molecular weight is 488 g/mol. The lowest BCUT2D eigenvalue weighted by Gasteiger charge is -2.21. The van der Waals surface area contributed by atoms with E-state index in [1.54, 1.807) is 37.3 Å². The number of nitrogens with one attached hydrogen (secondary N) is 2. The Morgan fingerprint density at radius 3 is 2.81 bits per heavy atom. The van der Waals surface area contributed by atoms with E-state index in [9.17, 15) is 15.2 Å². The fourth-order valence-corrected chi connectivity index (χ4v) is 4.09. The Morgan fingerprint density at radius 1 is 1.31 bits per heavy atom. The topological polar surface area (TPSA) is 136 Å². The van der Waals surface area contributed by atoms with Crippen molar-refractivity contribution in [3.63, 3.8) is 0 Å². The number of aliphatic hydroxyl groups is 1. The van der Waals surface area contributed by atoms with Crippen LogP contribution in [-0.2, 0) is 16.6 Å². The highest BCUT2D eigenvalue weighted by molar-refractivity contribution is 5.77. The molecule has 0 saturated heterocycles. The van der Waals surface area contributed by atoms with Crippen LogP contribution in [0.1, 0.15) is 30.2 Å². The van der Waals surface area contributed by atoms with Crippen LogP contribution in [0.3, 0.4) is 0 Å². The molecular formula is C26H29N7O3. The highest BCUT2D eigenvalue weighted by Gasteiger charge is 2.36. The first-order chi connectivity index (χ1) is 17.3. The third kappa shape index (κ3) is 4.92. The van der Waals surface area contributed by atoms with Crippen molar-refractivity contribution in [1.82, 2.24) is 19.9 Å². The van der Waals surface area contributed by atoms with Crippen molar-refractivity contribution in [3.8, 4) is 23.2 Å². The first kappa shape index (κ1) is 24.9. The highest BCUT2D eigenvalue weighted by Crippen LogP contribution is 2.41. The summed E-state index contributed by atoms with van der Waals surface area (Å²) in [5, 5.41) is 26.1. The number of benzene rings is 1. The zero-order chi connectivity index (χ0) is 25.9. The summed E-state index contributed by atoms with van der Waals surface area (Å²) in [6.45, 7) is 2.48. The second-order valence-corrected chi connectivity index (χ2v) is 9.17. The number of carbonyl (C=O) groups is 1. The molecule has 1 aromatic carbocycles. The van der Waals surface area contributed by atoms with Gasteiger partial charge in [0.1, 0.15) is 11.8 Å². The second-order valence-electron chi connectivity index (χ2n) is 9.17. The summed E-state index contributed by atoms with van der Waals surface area (Å²) in [5.74, 6) is 0.738. The minimum absolute atomic E-state index is 0.0318. The number of pyridine rings is 1. The molecule has 10 nitrogen and oxygen atoms in total. The van der Waals surface area contributed by atoms with Crippen LogP contribution in [0, 0.1) is 11.3 Å². The number of nitrogens with zero attached hydrogens (tertiary/aromatic N) is 5. The van der Waals surface area contributed by atoms with Crippen LogP contribution in [0.4, 0.5) is 17.3 Å². The van der Waals surface area contributed by atoms with Crippen LogP contribution in [0.25, 0.3) is 11.3 Å². The molecule has 0 spiro atoms. The van der Waals surface area contributed by atoms with E-state index in [-0.39, 0.29) is 12.5 Å². The predicted molar refractivity (Wildman–Crippen MR) is 136 cm³/mol. The van der Waals surface area contributed by atoms with E-state index in [0.29, 0.717) is 48.2 Å². The van der Waals surface area contributed by atoms with Gasteiger partial charge in [-0.15, -0.1) is 0 Å². The molecule has 1 aliphatic rings. The first-order valence-electron chi connectivity index (χ1n) is 11.6. The molecule has 0 radical (unpaired) electrons. The Labute approximate surface area is 210 Å². The van der Waals surface area contributed by atoms with Crippen molar-refractivity contribution < 1.29 is 14.6 Å². The van der Waals surface area contributed by atoms with Crippen LogP contribution < -0.4 is 15.4 Å². The number of aromatic nitrogens is 3. The van der Waals surface area contributed by atoms with E-state index >= 15 is 0 Å². The summed E-state index contributed by atoms with van der Waals surface area (Å²) in [7, 11) is 4.98.